The number of nitrogens with one attached hydrogen (secondary N) is 1. The van der Waals surface area contributed by atoms with Crippen LogP contribution in [0.4, 0.5) is 10.1 Å². The lowest BCUT2D eigenvalue weighted by Gasteiger charge is -2.11. The Labute approximate surface area is 158 Å². The monoisotopic (exact) mass is 414 g/mol. The minimum atomic E-state index is -0.464. The molecule has 0 bridgehead atoms. The third-order valence-corrected chi connectivity index (χ3v) is 4.46. The molecule has 0 unspecified atom stereocenters. The molecule has 6 heteroatoms. The topological polar surface area (TPSA) is 51.1 Å². The maximum absolute atomic E-state index is 13.0. The number of amides is 1. The number of aromatic nitrogens is 1. The SMILES string of the molecule is Cc1cc(Br)ccc1NC(=O)c1cccn(Cc2ccc(F)cc2)c1=O. The summed E-state index contributed by atoms with van der Waals surface area (Å²) in [5, 5.41) is 2.77. The lowest BCUT2D eigenvalue weighted by atomic mass is 10.2. The van der Waals surface area contributed by atoms with Gasteiger partial charge in [-0.15, -0.1) is 0 Å². The predicted molar refractivity (Wildman–Crippen MR) is 103 cm³/mol. The molecule has 0 saturated carbocycles. The van der Waals surface area contributed by atoms with Crippen molar-refractivity contribution in [1.82, 2.24) is 4.57 Å². The molecule has 0 fully saturated rings. The highest BCUT2D eigenvalue weighted by Crippen LogP contribution is 2.20. The predicted octanol–water partition coefficient (Wildman–Crippen LogP) is 4.36. The van der Waals surface area contributed by atoms with Crippen LogP contribution in [0.5, 0.6) is 0 Å². The van der Waals surface area contributed by atoms with Crippen LogP contribution in [0, 0.1) is 12.7 Å². The molecule has 0 radical (unpaired) electrons. The Bertz CT molecular complexity index is 1010. The first-order valence-electron chi connectivity index (χ1n) is 7.95. The highest BCUT2D eigenvalue weighted by atomic mass is 79.9. The van der Waals surface area contributed by atoms with Crippen LogP contribution in [-0.2, 0) is 6.54 Å². The Balaban J connectivity index is 1.85. The fourth-order valence-electron chi connectivity index (χ4n) is 2.58. The summed E-state index contributed by atoms with van der Waals surface area (Å²) in [5.74, 6) is -0.798. The molecule has 3 rings (SSSR count). The lowest BCUT2D eigenvalue weighted by molar-refractivity contribution is 0.102. The third kappa shape index (κ3) is 4.08. The first-order chi connectivity index (χ1) is 12.4. The number of hydrogen-bond acceptors (Lipinski definition) is 2. The first-order valence-corrected chi connectivity index (χ1v) is 8.75. The second-order valence-electron chi connectivity index (χ2n) is 5.89. The molecule has 26 heavy (non-hydrogen) atoms. The molecule has 0 atom stereocenters. The summed E-state index contributed by atoms with van der Waals surface area (Å²) in [4.78, 5) is 25.2. The van der Waals surface area contributed by atoms with Crippen molar-refractivity contribution in [2.24, 2.45) is 0 Å². The van der Waals surface area contributed by atoms with Crippen LogP contribution in [0.1, 0.15) is 21.5 Å². The molecule has 2 aromatic carbocycles. The molecule has 0 saturated heterocycles. The van der Waals surface area contributed by atoms with Gasteiger partial charge in [-0.3, -0.25) is 9.59 Å². The lowest BCUT2D eigenvalue weighted by Crippen LogP contribution is -2.29. The van der Waals surface area contributed by atoms with Gasteiger partial charge >= 0.3 is 0 Å². The van der Waals surface area contributed by atoms with Crippen molar-refractivity contribution < 1.29 is 9.18 Å². The van der Waals surface area contributed by atoms with Crippen LogP contribution < -0.4 is 10.9 Å². The molecule has 4 nitrogen and oxygen atoms in total. The number of anilines is 1. The zero-order valence-corrected chi connectivity index (χ0v) is 15.6. The van der Waals surface area contributed by atoms with Crippen LogP contribution in [0.2, 0.25) is 0 Å². The number of carbonyl (C=O) groups is 1. The summed E-state index contributed by atoms with van der Waals surface area (Å²) in [6.45, 7) is 2.13. The fourth-order valence-corrected chi connectivity index (χ4v) is 3.05. The number of benzene rings is 2. The Kier molecular flexibility index (Phi) is 5.32. The van der Waals surface area contributed by atoms with Crippen LogP contribution in [0.25, 0.3) is 0 Å². The van der Waals surface area contributed by atoms with Crippen molar-refractivity contribution in [2.75, 3.05) is 5.32 Å². The second-order valence-corrected chi connectivity index (χ2v) is 6.81. The van der Waals surface area contributed by atoms with Crippen molar-refractivity contribution in [3.63, 3.8) is 0 Å². The van der Waals surface area contributed by atoms with E-state index in [9.17, 15) is 14.0 Å². The van der Waals surface area contributed by atoms with Gasteiger partial charge in [0.05, 0.1) is 6.54 Å². The molecule has 1 aromatic heterocycles. The number of nitrogens with zero attached hydrogens (tertiary/aromatic N) is 1. The highest BCUT2D eigenvalue weighted by molar-refractivity contribution is 9.10. The van der Waals surface area contributed by atoms with E-state index < -0.39 is 11.5 Å². The summed E-state index contributed by atoms with van der Waals surface area (Å²) < 4.78 is 15.4. The Hall–Kier alpha value is -2.73. The molecule has 132 valence electrons. The largest absolute Gasteiger partial charge is 0.322 e. The fraction of sp³-hybridized carbons (Fsp3) is 0.100. The van der Waals surface area contributed by atoms with Crippen LogP contribution >= 0.6 is 15.9 Å². The van der Waals surface area contributed by atoms with E-state index in [0.29, 0.717) is 5.69 Å². The van der Waals surface area contributed by atoms with Crippen molar-refractivity contribution in [2.45, 2.75) is 13.5 Å². The Morgan fingerprint density at radius 3 is 2.58 bits per heavy atom. The summed E-state index contributed by atoms with van der Waals surface area (Å²) in [7, 11) is 0. The Morgan fingerprint density at radius 1 is 1.15 bits per heavy atom. The zero-order valence-electron chi connectivity index (χ0n) is 14.0. The number of carbonyl (C=O) groups excluding carboxylic acids is 1. The van der Waals surface area contributed by atoms with E-state index >= 15 is 0 Å². The van der Waals surface area contributed by atoms with Gasteiger partial charge in [0.1, 0.15) is 11.4 Å². The molecule has 0 spiro atoms. The van der Waals surface area contributed by atoms with Crippen LogP contribution in [0.3, 0.4) is 0 Å². The number of rotatable bonds is 4. The molecule has 1 N–H and O–H groups in total. The smallest absolute Gasteiger partial charge is 0.263 e. The van der Waals surface area contributed by atoms with Gasteiger partial charge in [0.25, 0.3) is 11.5 Å². The van der Waals surface area contributed by atoms with Gasteiger partial charge in [0.15, 0.2) is 0 Å². The van der Waals surface area contributed by atoms with E-state index in [-0.39, 0.29) is 17.9 Å². The molecular weight excluding hydrogens is 399 g/mol. The van der Waals surface area contributed by atoms with E-state index in [1.165, 1.54) is 22.8 Å². The zero-order chi connectivity index (χ0) is 18.7. The number of aryl methyl sites for hydroxylation is 1. The maximum Gasteiger partial charge on any atom is 0.263 e. The van der Waals surface area contributed by atoms with Gasteiger partial charge < -0.3 is 9.88 Å². The van der Waals surface area contributed by atoms with Crippen LogP contribution in [-0.4, -0.2) is 10.5 Å². The maximum atomic E-state index is 13.0. The van der Waals surface area contributed by atoms with Gasteiger partial charge in [-0.05, 0) is 60.5 Å². The Morgan fingerprint density at radius 2 is 1.88 bits per heavy atom. The van der Waals surface area contributed by atoms with Crippen molar-refractivity contribution in [1.29, 1.82) is 0 Å². The van der Waals surface area contributed by atoms with Gasteiger partial charge in [-0.25, -0.2) is 4.39 Å². The summed E-state index contributed by atoms with van der Waals surface area (Å²) >= 11 is 3.38. The molecule has 1 heterocycles. The van der Waals surface area contributed by atoms with Crippen molar-refractivity contribution in [3.05, 3.63) is 98.1 Å². The molecule has 1 amide bonds. The molecular formula is C20H16BrFN2O2. The van der Waals surface area contributed by atoms with E-state index in [1.54, 1.807) is 30.5 Å². The van der Waals surface area contributed by atoms with Gasteiger partial charge in [-0.2, -0.15) is 0 Å². The number of hydrogen-bond donors (Lipinski definition) is 1. The minimum Gasteiger partial charge on any atom is -0.322 e. The van der Waals surface area contributed by atoms with Crippen LogP contribution in [0.15, 0.2) is 70.1 Å². The van der Waals surface area contributed by atoms with Crippen molar-refractivity contribution in [3.8, 4) is 0 Å². The normalized spacial score (nSPS) is 10.6. The van der Waals surface area contributed by atoms with Gasteiger partial charge in [-0.1, -0.05) is 28.1 Å². The van der Waals surface area contributed by atoms with Gasteiger partial charge in [0.2, 0.25) is 0 Å². The minimum absolute atomic E-state index is 0.0527. The molecule has 0 aliphatic carbocycles. The summed E-state index contributed by atoms with van der Waals surface area (Å²) in [5.41, 5.74) is 1.96. The summed E-state index contributed by atoms with van der Waals surface area (Å²) in [6.07, 6.45) is 1.60. The molecule has 3 aromatic rings. The molecule has 0 aliphatic heterocycles. The van der Waals surface area contributed by atoms with E-state index in [1.807, 2.05) is 19.1 Å². The first kappa shape index (κ1) is 18.1. The standard InChI is InChI=1S/C20H16BrFN2O2/c1-13-11-15(21)6-9-18(13)23-19(25)17-3-2-10-24(20(17)26)12-14-4-7-16(22)8-5-14/h2-11H,12H2,1H3,(H,23,25). The second kappa shape index (κ2) is 7.66. The van der Waals surface area contributed by atoms with E-state index in [4.69, 9.17) is 0 Å². The number of halogens is 2. The van der Waals surface area contributed by atoms with Gasteiger partial charge in [0, 0.05) is 16.4 Å². The molecule has 0 aliphatic rings. The average molecular weight is 415 g/mol. The van der Waals surface area contributed by atoms with E-state index in [0.717, 1.165) is 15.6 Å². The van der Waals surface area contributed by atoms with Crippen molar-refractivity contribution >= 4 is 27.5 Å². The van der Waals surface area contributed by atoms with E-state index in [2.05, 4.69) is 21.2 Å². The summed E-state index contributed by atoms with van der Waals surface area (Å²) in [6, 6.07) is 14.5. The highest BCUT2D eigenvalue weighted by Gasteiger charge is 2.13. The average Bonchev–Trinajstić information content (AvgIpc) is 2.61. The third-order valence-electron chi connectivity index (χ3n) is 3.97. The quantitative estimate of drug-likeness (QED) is 0.689. The number of pyridine rings is 1.